The molecule has 8 nitrogen and oxygen atoms in total. The highest BCUT2D eigenvalue weighted by Crippen LogP contribution is 2.36. The summed E-state index contributed by atoms with van der Waals surface area (Å²) in [7, 11) is 1.62. The monoisotopic (exact) mass is 535 g/mol. The van der Waals surface area contributed by atoms with E-state index in [-0.39, 0.29) is 12.1 Å². The molecule has 0 aromatic heterocycles. The molecule has 1 saturated heterocycles. The van der Waals surface area contributed by atoms with E-state index in [1.165, 1.54) is 0 Å². The number of piperidine rings is 1. The van der Waals surface area contributed by atoms with Crippen LogP contribution in [-0.2, 0) is 16.1 Å². The lowest BCUT2D eigenvalue weighted by molar-refractivity contribution is -0.0784. The van der Waals surface area contributed by atoms with Gasteiger partial charge in [0.15, 0.2) is 0 Å². The minimum absolute atomic E-state index is 0.124. The van der Waals surface area contributed by atoms with Crippen LogP contribution in [0.2, 0.25) is 0 Å². The van der Waals surface area contributed by atoms with E-state index in [9.17, 15) is 9.90 Å². The van der Waals surface area contributed by atoms with Crippen molar-refractivity contribution >= 4 is 17.9 Å². The standard InChI is InChI=1S/C31H41N3O5/c1-37-29-19-28-25(17-26(29)32)18-27(33-28)24-7-12-31(36,13-8-24)21-38-16-11-22-9-14-34(15-10-22)30(35)39-20-23-5-3-2-4-6-23/h2-6,17-19,22,24,27,36H,7-16,20-21,32H2,1H3. The lowest BCUT2D eigenvalue weighted by Gasteiger charge is -2.37. The number of fused-ring (bicyclic) bond motifs is 1. The van der Waals surface area contributed by atoms with Crippen LogP contribution < -0.4 is 21.0 Å². The van der Waals surface area contributed by atoms with Gasteiger partial charge in [-0.2, -0.15) is 0 Å². The van der Waals surface area contributed by atoms with Gasteiger partial charge >= 0.3 is 6.09 Å². The number of aliphatic hydroxyl groups is 1. The number of anilines is 1. The fourth-order valence-electron chi connectivity index (χ4n) is 6.04. The van der Waals surface area contributed by atoms with Gasteiger partial charge in [-0.25, -0.2) is 4.79 Å². The third kappa shape index (κ3) is 6.92. The van der Waals surface area contributed by atoms with Crippen LogP contribution in [0.5, 0.6) is 5.75 Å². The maximum Gasteiger partial charge on any atom is 0.410 e. The summed E-state index contributed by atoms with van der Waals surface area (Å²) in [5.74, 6) is 1.60. The first-order valence-corrected chi connectivity index (χ1v) is 14.2. The van der Waals surface area contributed by atoms with E-state index in [1.54, 1.807) is 12.0 Å². The van der Waals surface area contributed by atoms with Crippen LogP contribution >= 0.6 is 0 Å². The number of benzene rings is 2. The molecule has 39 heavy (non-hydrogen) atoms. The molecule has 2 fully saturated rings. The van der Waals surface area contributed by atoms with Gasteiger partial charge in [-0.1, -0.05) is 36.4 Å². The first-order chi connectivity index (χ1) is 18.9. The molecule has 2 aromatic rings. The SMILES string of the molecule is COc1cc2c(cc1N)=CC(C1CCC(O)(COCCC3CCN(C(=O)OCc4ccccc4)CC3)CC1)N=2. The molecule has 3 N–H and O–H groups in total. The molecule has 5 rings (SSSR count). The normalized spacial score (nSPS) is 24.9. The first-order valence-electron chi connectivity index (χ1n) is 14.2. The van der Waals surface area contributed by atoms with Crippen LogP contribution in [-0.4, -0.2) is 61.2 Å². The van der Waals surface area contributed by atoms with Crippen LogP contribution in [0.1, 0.15) is 50.5 Å². The Bertz CT molecular complexity index is 1230. The maximum absolute atomic E-state index is 12.4. The van der Waals surface area contributed by atoms with E-state index < -0.39 is 5.60 Å². The number of methoxy groups -OCH3 is 1. The first kappa shape index (κ1) is 27.5. The molecule has 2 heterocycles. The third-order valence-electron chi connectivity index (χ3n) is 8.58. The zero-order valence-corrected chi connectivity index (χ0v) is 22.9. The van der Waals surface area contributed by atoms with Gasteiger partial charge in [0.2, 0.25) is 0 Å². The Labute approximate surface area is 230 Å². The zero-order valence-electron chi connectivity index (χ0n) is 22.9. The van der Waals surface area contributed by atoms with Crippen molar-refractivity contribution in [1.29, 1.82) is 0 Å². The molecule has 0 bridgehead atoms. The maximum atomic E-state index is 12.4. The Hall–Kier alpha value is -3.10. The Balaban J connectivity index is 0.980. The van der Waals surface area contributed by atoms with Crippen molar-refractivity contribution in [3.05, 3.63) is 58.6 Å². The fraction of sp³-hybridized carbons (Fsp3) is 0.548. The van der Waals surface area contributed by atoms with Gasteiger partial charge in [0.25, 0.3) is 0 Å². The summed E-state index contributed by atoms with van der Waals surface area (Å²) in [4.78, 5) is 19.1. The smallest absolute Gasteiger partial charge is 0.410 e. The Morgan fingerprint density at radius 3 is 2.59 bits per heavy atom. The van der Waals surface area contributed by atoms with Crippen molar-refractivity contribution in [2.45, 2.75) is 63.2 Å². The Morgan fingerprint density at radius 2 is 1.87 bits per heavy atom. The Morgan fingerprint density at radius 1 is 1.13 bits per heavy atom. The van der Waals surface area contributed by atoms with Crippen LogP contribution in [0.4, 0.5) is 10.5 Å². The Kier molecular flexibility index (Phi) is 8.72. The molecular formula is C31H41N3O5. The summed E-state index contributed by atoms with van der Waals surface area (Å²) >= 11 is 0. The average molecular weight is 536 g/mol. The van der Waals surface area contributed by atoms with E-state index in [2.05, 4.69) is 6.08 Å². The molecule has 1 atom stereocenters. The average Bonchev–Trinajstić information content (AvgIpc) is 3.37. The third-order valence-corrected chi connectivity index (χ3v) is 8.58. The second kappa shape index (κ2) is 12.4. The molecule has 210 valence electrons. The van der Waals surface area contributed by atoms with Gasteiger partial charge in [0.1, 0.15) is 12.4 Å². The van der Waals surface area contributed by atoms with Gasteiger partial charge in [-0.3, -0.25) is 4.99 Å². The van der Waals surface area contributed by atoms with Gasteiger partial charge in [0, 0.05) is 31.0 Å². The molecule has 2 aliphatic heterocycles. The largest absolute Gasteiger partial charge is 0.495 e. The van der Waals surface area contributed by atoms with Crippen LogP contribution in [0.15, 0.2) is 47.5 Å². The number of likely N-dealkylation sites (tertiary alicyclic amines) is 1. The van der Waals surface area contributed by atoms with E-state index in [4.69, 9.17) is 24.9 Å². The summed E-state index contributed by atoms with van der Waals surface area (Å²) in [6, 6.07) is 13.7. The number of nitrogens with zero attached hydrogens (tertiary/aromatic N) is 2. The van der Waals surface area contributed by atoms with Crippen LogP contribution in [0.25, 0.3) is 6.08 Å². The number of nitrogens with two attached hydrogens (primary N) is 1. The molecule has 1 unspecified atom stereocenters. The van der Waals surface area contributed by atoms with Crippen molar-refractivity contribution < 1.29 is 24.1 Å². The lowest BCUT2D eigenvalue weighted by Crippen LogP contribution is -2.41. The molecule has 1 saturated carbocycles. The summed E-state index contributed by atoms with van der Waals surface area (Å²) in [5.41, 5.74) is 6.93. The van der Waals surface area contributed by atoms with Crippen molar-refractivity contribution in [1.82, 2.24) is 4.90 Å². The number of carbonyl (C=O) groups excluding carboxylic acids is 1. The van der Waals surface area contributed by atoms with E-state index in [1.807, 2.05) is 42.5 Å². The van der Waals surface area contributed by atoms with Gasteiger partial charge in [0.05, 0.1) is 36.4 Å². The predicted octanol–water partition coefficient (Wildman–Crippen LogP) is 3.44. The molecule has 0 radical (unpaired) electrons. The van der Waals surface area contributed by atoms with Crippen LogP contribution in [0, 0.1) is 11.8 Å². The summed E-state index contributed by atoms with van der Waals surface area (Å²) < 4.78 is 16.8. The van der Waals surface area contributed by atoms with E-state index in [0.29, 0.717) is 43.1 Å². The molecule has 2 aromatic carbocycles. The second-order valence-electron chi connectivity index (χ2n) is 11.3. The van der Waals surface area contributed by atoms with E-state index in [0.717, 1.165) is 74.2 Å². The highest BCUT2D eigenvalue weighted by molar-refractivity contribution is 5.67. The minimum Gasteiger partial charge on any atom is -0.495 e. The van der Waals surface area contributed by atoms with Gasteiger partial charge < -0.3 is 30.0 Å². The molecular weight excluding hydrogens is 494 g/mol. The molecule has 3 aliphatic rings. The minimum atomic E-state index is -0.762. The number of nitrogen functional groups attached to an aromatic ring is 1. The highest BCUT2D eigenvalue weighted by atomic mass is 16.6. The molecule has 1 amide bonds. The van der Waals surface area contributed by atoms with Crippen molar-refractivity contribution in [3.8, 4) is 5.75 Å². The lowest BCUT2D eigenvalue weighted by atomic mass is 9.76. The summed E-state index contributed by atoms with van der Waals surface area (Å²) in [6.07, 6.45) is 8.12. The molecule has 0 spiro atoms. The summed E-state index contributed by atoms with van der Waals surface area (Å²) in [5, 5.41) is 13.1. The van der Waals surface area contributed by atoms with Gasteiger partial charge in [-0.15, -0.1) is 0 Å². The summed E-state index contributed by atoms with van der Waals surface area (Å²) in [6.45, 7) is 2.76. The quantitative estimate of drug-likeness (QED) is 0.376. The van der Waals surface area contributed by atoms with Crippen molar-refractivity contribution in [3.63, 3.8) is 0 Å². The predicted molar refractivity (Wildman–Crippen MR) is 150 cm³/mol. The number of amides is 1. The van der Waals surface area contributed by atoms with Gasteiger partial charge in [-0.05, 0) is 68.4 Å². The fourth-order valence-corrected chi connectivity index (χ4v) is 6.04. The topological polar surface area (TPSA) is 107 Å². The van der Waals surface area contributed by atoms with Crippen molar-refractivity contribution in [2.24, 2.45) is 16.8 Å². The number of rotatable bonds is 9. The number of hydrogen-bond acceptors (Lipinski definition) is 7. The highest BCUT2D eigenvalue weighted by Gasteiger charge is 2.36. The van der Waals surface area contributed by atoms with Crippen LogP contribution in [0.3, 0.4) is 0 Å². The second-order valence-corrected chi connectivity index (χ2v) is 11.3. The van der Waals surface area contributed by atoms with Crippen molar-refractivity contribution in [2.75, 3.05) is 39.1 Å². The molecule has 1 aliphatic carbocycles. The number of ether oxygens (including phenoxy) is 3. The molecule has 8 heteroatoms. The zero-order chi connectivity index (χ0) is 27.2. The van der Waals surface area contributed by atoms with E-state index >= 15 is 0 Å². The number of carbonyl (C=O) groups is 1. The number of hydrogen-bond donors (Lipinski definition) is 2.